The summed E-state index contributed by atoms with van der Waals surface area (Å²) in [7, 11) is 0. The van der Waals surface area contributed by atoms with Crippen LogP contribution in [0.15, 0.2) is 11.4 Å². The number of thiophene rings is 1. The van der Waals surface area contributed by atoms with E-state index in [-0.39, 0.29) is 30.4 Å². The normalized spacial score (nSPS) is 33.5. The van der Waals surface area contributed by atoms with Gasteiger partial charge in [0, 0.05) is 10.9 Å². The Kier molecular flexibility index (Phi) is 5.10. The van der Waals surface area contributed by atoms with Crippen molar-refractivity contribution in [2.75, 3.05) is 0 Å². The highest BCUT2D eigenvalue weighted by atomic mass is 35.5. The number of nitrogens with one attached hydrogen (secondary N) is 2. The van der Waals surface area contributed by atoms with Crippen molar-refractivity contribution in [3.8, 4) is 0 Å². The molecule has 1 amide bonds. The average molecular weight is 341 g/mol. The Morgan fingerprint density at radius 2 is 2.09 bits per heavy atom. The van der Waals surface area contributed by atoms with Crippen molar-refractivity contribution in [3.63, 3.8) is 0 Å². The molecule has 1 aromatic heterocycles. The molecule has 4 unspecified atom stereocenters. The minimum atomic E-state index is 0. The highest BCUT2D eigenvalue weighted by Crippen LogP contribution is 2.35. The zero-order valence-electron chi connectivity index (χ0n) is 12.8. The number of fused-ring (bicyclic) bond motifs is 2. The largest absolute Gasteiger partial charge is 0.348 e. The molecule has 3 nitrogen and oxygen atoms in total. The average Bonchev–Trinajstić information content (AvgIpc) is 3.14. The third-order valence-corrected chi connectivity index (χ3v) is 6.54. The molecular formula is C17H25ClN2OS. The van der Waals surface area contributed by atoms with Crippen molar-refractivity contribution in [2.24, 2.45) is 5.92 Å². The number of hydrogen-bond acceptors (Lipinski definition) is 3. The lowest BCUT2D eigenvalue weighted by Crippen LogP contribution is -2.44. The van der Waals surface area contributed by atoms with E-state index in [2.05, 4.69) is 22.1 Å². The van der Waals surface area contributed by atoms with Gasteiger partial charge in [0.2, 0.25) is 5.91 Å². The van der Waals surface area contributed by atoms with Crippen LogP contribution < -0.4 is 10.6 Å². The van der Waals surface area contributed by atoms with Gasteiger partial charge < -0.3 is 10.6 Å². The Labute approximate surface area is 142 Å². The number of carbonyl (C=O) groups excluding carboxylic acids is 1. The van der Waals surface area contributed by atoms with E-state index in [0.29, 0.717) is 6.04 Å². The second kappa shape index (κ2) is 6.90. The number of halogens is 1. The maximum atomic E-state index is 12.6. The van der Waals surface area contributed by atoms with Gasteiger partial charge in [0.1, 0.15) is 0 Å². The Morgan fingerprint density at radius 3 is 2.95 bits per heavy atom. The molecule has 0 radical (unpaired) electrons. The molecule has 2 aliphatic carbocycles. The zero-order valence-corrected chi connectivity index (χ0v) is 14.5. The highest BCUT2D eigenvalue weighted by molar-refractivity contribution is 7.10. The first-order chi connectivity index (χ1) is 10.3. The molecule has 122 valence electrons. The first-order valence-corrected chi connectivity index (χ1v) is 9.32. The van der Waals surface area contributed by atoms with E-state index in [9.17, 15) is 4.79 Å². The van der Waals surface area contributed by atoms with Crippen LogP contribution in [-0.2, 0) is 11.2 Å². The van der Waals surface area contributed by atoms with Crippen LogP contribution >= 0.6 is 23.7 Å². The van der Waals surface area contributed by atoms with E-state index in [0.717, 1.165) is 18.8 Å². The van der Waals surface area contributed by atoms with Gasteiger partial charge in [-0.05, 0) is 61.5 Å². The fourth-order valence-electron chi connectivity index (χ4n) is 4.43. The Balaban J connectivity index is 0.00000144. The minimum Gasteiger partial charge on any atom is -0.348 e. The third-order valence-electron chi connectivity index (χ3n) is 5.55. The number of hydrogen-bond donors (Lipinski definition) is 2. The fourth-order valence-corrected chi connectivity index (χ4v) is 5.42. The summed E-state index contributed by atoms with van der Waals surface area (Å²) in [5, 5.41) is 9.07. The van der Waals surface area contributed by atoms with Crippen molar-refractivity contribution < 1.29 is 4.79 Å². The summed E-state index contributed by atoms with van der Waals surface area (Å²) in [4.78, 5) is 14.1. The van der Waals surface area contributed by atoms with Gasteiger partial charge in [-0.3, -0.25) is 4.79 Å². The molecule has 2 N–H and O–H groups in total. The number of aryl methyl sites for hydroxylation is 1. The molecule has 0 spiro atoms. The summed E-state index contributed by atoms with van der Waals surface area (Å²) in [5.74, 6) is 0.964. The summed E-state index contributed by atoms with van der Waals surface area (Å²) in [6, 6.07) is 3.09. The molecule has 1 saturated carbocycles. The first kappa shape index (κ1) is 16.3. The van der Waals surface area contributed by atoms with E-state index in [1.54, 1.807) is 0 Å². The van der Waals surface area contributed by atoms with Crippen molar-refractivity contribution >= 4 is 29.7 Å². The van der Waals surface area contributed by atoms with Crippen LogP contribution in [0.5, 0.6) is 0 Å². The maximum Gasteiger partial charge on any atom is 0.237 e. The van der Waals surface area contributed by atoms with E-state index < -0.39 is 0 Å². The fraction of sp³-hybridized carbons (Fsp3) is 0.706. The Morgan fingerprint density at radius 1 is 1.23 bits per heavy atom. The SMILES string of the molecule is Cl.O=C(NC1CCCc2sccc21)C1CC2CCCCC2N1. The monoisotopic (exact) mass is 340 g/mol. The van der Waals surface area contributed by atoms with Gasteiger partial charge in [-0.2, -0.15) is 0 Å². The van der Waals surface area contributed by atoms with Gasteiger partial charge in [0.05, 0.1) is 12.1 Å². The van der Waals surface area contributed by atoms with E-state index >= 15 is 0 Å². The predicted molar refractivity (Wildman–Crippen MR) is 92.7 cm³/mol. The number of amides is 1. The van der Waals surface area contributed by atoms with E-state index in [1.807, 2.05) is 11.3 Å². The summed E-state index contributed by atoms with van der Waals surface area (Å²) in [5.41, 5.74) is 1.37. The molecule has 1 aliphatic heterocycles. The third kappa shape index (κ3) is 3.06. The van der Waals surface area contributed by atoms with Gasteiger partial charge in [-0.15, -0.1) is 23.7 Å². The van der Waals surface area contributed by atoms with Crippen molar-refractivity contribution in [3.05, 3.63) is 21.9 Å². The Bertz CT molecular complexity index is 518. The van der Waals surface area contributed by atoms with E-state index in [1.165, 1.54) is 49.0 Å². The molecule has 4 atom stereocenters. The van der Waals surface area contributed by atoms with Crippen LogP contribution in [0.25, 0.3) is 0 Å². The van der Waals surface area contributed by atoms with Gasteiger partial charge in [0.25, 0.3) is 0 Å². The quantitative estimate of drug-likeness (QED) is 0.864. The molecule has 1 aromatic rings. The standard InChI is InChI=1S/C17H24N2OS.ClH/c20-17(15-10-11-4-1-2-5-13(11)18-15)19-14-6-3-7-16-12(14)8-9-21-16;/h8-9,11,13-15,18H,1-7,10H2,(H,19,20);1H. The molecule has 2 heterocycles. The van der Waals surface area contributed by atoms with Crippen molar-refractivity contribution in [1.29, 1.82) is 0 Å². The Hall–Kier alpha value is -0.580. The van der Waals surface area contributed by atoms with Crippen LogP contribution in [0, 0.1) is 5.92 Å². The topological polar surface area (TPSA) is 41.1 Å². The summed E-state index contributed by atoms with van der Waals surface area (Å²) in [6.45, 7) is 0. The lowest BCUT2D eigenvalue weighted by molar-refractivity contribution is -0.123. The first-order valence-electron chi connectivity index (χ1n) is 8.44. The van der Waals surface area contributed by atoms with Gasteiger partial charge in [-0.25, -0.2) is 0 Å². The lowest BCUT2D eigenvalue weighted by Gasteiger charge is -2.25. The zero-order chi connectivity index (χ0) is 14.2. The van der Waals surface area contributed by atoms with Gasteiger partial charge in [-0.1, -0.05) is 12.8 Å². The van der Waals surface area contributed by atoms with Crippen LogP contribution in [0.1, 0.15) is 61.4 Å². The summed E-state index contributed by atoms with van der Waals surface area (Å²) >= 11 is 1.84. The van der Waals surface area contributed by atoms with Crippen LogP contribution in [0.4, 0.5) is 0 Å². The summed E-state index contributed by atoms with van der Waals surface area (Å²) < 4.78 is 0. The molecule has 5 heteroatoms. The van der Waals surface area contributed by atoms with Crippen LogP contribution in [-0.4, -0.2) is 18.0 Å². The van der Waals surface area contributed by atoms with Crippen molar-refractivity contribution in [1.82, 2.24) is 10.6 Å². The lowest BCUT2D eigenvalue weighted by atomic mass is 9.85. The van der Waals surface area contributed by atoms with Gasteiger partial charge in [0.15, 0.2) is 0 Å². The van der Waals surface area contributed by atoms with E-state index in [4.69, 9.17) is 0 Å². The van der Waals surface area contributed by atoms with Crippen LogP contribution in [0.3, 0.4) is 0 Å². The molecule has 3 aliphatic rings. The smallest absolute Gasteiger partial charge is 0.237 e. The van der Waals surface area contributed by atoms with Crippen molar-refractivity contribution in [2.45, 2.75) is 69.5 Å². The molecule has 2 fully saturated rings. The highest BCUT2D eigenvalue weighted by Gasteiger charge is 2.38. The maximum absolute atomic E-state index is 12.6. The molecule has 4 rings (SSSR count). The number of rotatable bonds is 2. The second-order valence-corrected chi connectivity index (χ2v) is 7.86. The summed E-state index contributed by atoms with van der Waals surface area (Å²) in [6.07, 6.45) is 9.75. The predicted octanol–water partition coefficient (Wildman–Crippen LogP) is 3.58. The molecular weight excluding hydrogens is 316 g/mol. The molecule has 0 bridgehead atoms. The molecule has 0 aromatic carbocycles. The second-order valence-electron chi connectivity index (χ2n) is 6.86. The number of carbonyl (C=O) groups is 1. The van der Waals surface area contributed by atoms with Crippen LogP contribution in [0.2, 0.25) is 0 Å². The van der Waals surface area contributed by atoms with Gasteiger partial charge >= 0.3 is 0 Å². The molecule has 1 saturated heterocycles. The minimum absolute atomic E-state index is 0. The molecule has 22 heavy (non-hydrogen) atoms.